The lowest BCUT2D eigenvalue weighted by Gasteiger charge is -2.16. The van der Waals surface area contributed by atoms with E-state index < -0.39 is 13.2 Å². The van der Waals surface area contributed by atoms with Crippen LogP contribution in [0.2, 0.25) is 5.02 Å². The van der Waals surface area contributed by atoms with E-state index in [9.17, 15) is 9.46 Å². The van der Waals surface area contributed by atoms with Crippen molar-refractivity contribution in [2.24, 2.45) is 0 Å². The molecule has 0 aliphatic rings. The highest BCUT2D eigenvalue weighted by Gasteiger charge is 2.32. The van der Waals surface area contributed by atoms with Gasteiger partial charge < -0.3 is 10.6 Å². The normalized spacial score (nSPS) is 15.6. The second kappa shape index (κ2) is 6.55. The van der Waals surface area contributed by atoms with E-state index in [1.54, 1.807) is 24.3 Å². The first-order valence-electron chi connectivity index (χ1n) is 6.43. The van der Waals surface area contributed by atoms with E-state index in [0.717, 1.165) is 11.1 Å². The average molecular weight is 311 g/mol. The fourth-order valence-electron chi connectivity index (χ4n) is 2.01. The molecule has 2 aromatic rings. The summed E-state index contributed by atoms with van der Waals surface area (Å²) in [5, 5.41) is 0.609. The van der Waals surface area contributed by atoms with E-state index in [4.69, 9.17) is 11.6 Å². The highest BCUT2D eigenvalue weighted by molar-refractivity contribution is 7.58. The van der Waals surface area contributed by atoms with Gasteiger partial charge in [0.1, 0.15) is 0 Å². The highest BCUT2D eigenvalue weighted by atomic mass is 35.5. The van der Waals surface area contributed by atoms with E-state index >= 15 is 0 Å². The molecule has 4 N–H and O–H groups in total. The number of quaternary nitrogens is 1. The van der Waals surface area contributed by atoms with Crippen molar-refractivity contribution in [1.82, 2.24) is 0 Å². The van der Waals surface area contributed by atoms with Gasteiger partial charge in [0, 0.05) is 16.7 Å². The third-order valence-corrected chi connectivity index (χ3v) is 5.69. The SMILES string of the molecule is [NH3+][C@@H](c1ccc(Cl)cc1)P(=O)(O)CCc1ccccc1. The van der Waals surface area contributed by atoms with Gasteiger partial charge in [-0.15, -0.1) is 0 Å². The summed E-state index contributed by atoms with van der Waals surface area (Å²) in [5.74, 6) is -0.622. The second-order valence-corrected chi connectivity index (χ2v) is 7.80. The zero-order valence-electron chi connectivity index (χ0n) is 11.1. The Morgan fingerprint density at radius 2 is 1.70 bits per heavy atom. The Morgan fingerprint density at radius 3 is 2.30 bits per heavy atom. The van der Waals surface area contributed by atoms with Gasteiger partial charge >= 0.3 is 0 Å². The molecule has 0 heterocycles. The van der Waals surface area contributed by atoms with Crippen molar-refractivity contribution in [3.05, 3.63) is 70.7 Å². The highest BCUT2D eigenvalue weighted by Crippen LogP contribution is 2.51. The molecule has 0 radical (unpaired) electrons. The topological polar surface area (TPSA) is 64.9 Å². The van der Waals surface area contributed by atoms with Crippen LogP contribution in [0, 0.1) is 0 Å². The van der Waals surface area contributed by atoms with Crippen molar-refractivity contribution in [3.63, 3.8) is 0 Å². The predicted molar refractivity (Wildman–Crippen MR) is 81.9 cm³/mol. The molecule has 3 nitrogen and oxygen atoms in total. The molecule has 5 heteroatoms. The van der Waals surface area contributed by atoms with Crippen molar-refractivity contribution in [3.8, 4) is 0 Å². The van der Waals surface area contributed by atoms with Crippen molar-refractivity contribution in [2.75, 3.05) is 6.16 Å². The summed E-state index contributed by atoms with van der Waals surface area (Å²) in [4.78, 5) is 10.2. The molecule has 1 unspecified atom stereocenters. The third-order valence-electron chi connectivity index (χ3n) is 3.31. The molecule has 0 saturated heterocycles. The maximum absolute atomic E-state index is 12.4. The Kier molecular flexibility index (Phi) is 5.00. The molecule has 0 fully saturated rings. The summed E-state index contributed by atoms with van der Waals surface area (Å²) >= 11 is 5.82. The van der Waals surface area contributed by atoms with E-state index in [2.05, 4.69) is 5.73 Å². The molecule has 0 aliphatic carbocycles. The third kappa shape index (κ3) is 3.94. The van der Waals surface area contributed by atoms with Crippen LogP contribution in [0.5, 0.6) is 0 Å². The quantitative estimate of drug-likeness (QED) is 0.833. The molecule has 0 aromatic heterocycles. The monoisotopic (exact) mass is 310 g/mol. The van der Waals surface area contributed by atoms with Crippen molar-refractivity contribution in [1.29, 1.82) is 0 Å². The Labute approximate surface area is 123 Å². The van der Waals surface area contributed by atoms with Gasteiger partial charge in [-0.1, -0.05) is 54.1 Å². The van der Waals surface area contributed by atoms with Crippen LogP contribution in [0.4, 0.5) is 0 Å². The molecule has 20 heavy (non-hydrogen) atoms. The fraction of sp³-hybridized carbons (Fsp3) is 0.200. The van der Waals surface area contributed by atoms with Gasteiger partial charge in [-0.2, -0.15) is 0 Å². The summed E-state index contributed by atoms with van der Waals surface area (Å²) in [6, 6.07) is 16.6. The number of aryl methyl sites for hydroxylation is 1. The standard InChI is InChI=1S/C15H17ClNO2P/c16-14-8-6-13(7-9-14)15(17)20(18,19)11-10-12-4-2-1-3-5-12/h1-9,15H,10-11,17H2,(H,18,19)/p+1/t15-/m1/s1. The van der Waals surface area contributed by atoms with Crippen LogP contribution in [-0.4, -0.2) is 11.1 Å². The zero-order chi connectivity index (χ0) is 14.6. The molecule has 0 amide bonds. The molecule has 106 valence electrons. The summed E-state index contributed by atoms with van der Waals surface area (Å²) in [7, 11) is -3.34. The fourth-order valence-corrected chi connectivity index (χ4v) is 3.66. The van der Waals surface area contributed by atoms with E-state index in [-0.39, 0.29) is 6.16 Å². The number of rotatable bonds is 5. The maximum Gasteiger partial charge on any atom is 0.261 e. The summed E-state index contributed by atoms with van der Waals surface area (Å²) in [5.41, 5.74) is 5.67. The van der Waals surface area contributed by atoms with Crippen LogP contribution in [-0.2, 0) is 11.0 Å². The average Bonchev–Trinajstić information content (AvgIpc) is 2.46. The molecule has 0 aliphatic heterocycles. The van der Waals surface area contributed by atoms with Crippen molar-refractivity contribution in [2.45, 2.75) is 12.2 Å². The lowest BCUT2D eigenvalue weighted by atomic mass is 10.2. The van der Waals surface area contributed by atoms with E-state index in [0.29, 0.717) is 11.4 Å². The Balaban J connectivity index is 2.06. The minimum atomic E-state index is -3.34. The van der Waals surface area contributed by atoms with Crippen LogP contribution in [0.25, 0.3) is 0 Å². The van der Waals surface area contributed by atoms with Crippen LogP contribution in [0.1, 0.15) is 16.9 Å². The van der Waals surface area contributed by atoms with Gasteiger partial charge in [0.15, 0.2) is 5.78 Å². The molecule has 2 rings (SSSR count). The van der Waals surface area contributed by atoms with Crippen LogP contribution >= 0.6 is 19.0 Å². The van der Waals surface area contributed by atoms with Gasteiger partial charge in [-0.05, 0) is 24.1 Å². The summed E-state index contributed by atoms with van der Waals surface area (Å²) in [6.45, 7) is 0. The minimum Gasteiger partial charge on any atom is -0.343 e. The van der Waals surface area contributed by atoms with Gasteiger partial charge in [0.05, 0.1) is 0 Å². The van der Waals surface area contributed by atoms with Gasteiger partial charge in [-0.25, -0.2) is 0 Å². The maximum atomic E-state index is 12.4. The number of hydrogen-bond acceptors (Lipinski definition) is 1. The largest absolute Gasteiger partial charge is 0.343 e. The first kappa shape index (κ1) is 15.3. The second-order valence-electron chi connectivity index (χ2n) is 4.78. The summed E-state index contributed by atoms with van der Waals surface area (Å²) in [6.07, 6.45) is 0.808. The van der Waals surface area contributed by atoms with Gasteiger partial charge in [0.2, 0.25) is 0 Å². The molecular weight excluding hydrogens is 293 g/mol. The first-order valence-corrected chi connectivity index (χ1v) is 8.72. The van der Waals surface area contributed by atoms with Gasteiger partial charge in [-0.3, -0.25) is 4.57 Å². The predicted octanol–water partition coefficient (Wildman–Crippen LogP) is 3.09. The van der Waals surface area contributed by atoms with Crippen molar-refractivity contribution < 1.29 is 15.2 Å². The summed E-state index contributed by atoms with van der Waals surface area (Å²) < 4.78 is 12.4. The first-order chi connectivity index (χ1) is 9.49. The van der Waals surface area contributed by atoms with Crippen LogP contribution in [0.3, 0.4) is 0 Å². The Morgan fingerprint density at radius 1 is 1.10 bits per heavy atom. The van der Waals surface area contributed by atoms with Gasteiger partial charge in [0.25, 0.3) is 7.37 Å². The Bertz CT molecular complexity index is 601. The van der Waals surface area contributed by atoms with Crippen molar-refractivity contribution >= 4 is 19.0 Å². The lowest BCUT2D eigenvalue weighted by Crippen LogP contribution is -2.53. The van der Waals surface area contributed by atoms with E-state index in [1.165, 1.54) is 0 Å². The smallest absolute Gasteiger partial charge is 0.261 e. The molecule has 2 aromatic carbocycles. The minimum absolute atomic E-state index is 0.230. The lowest BCUT2D eigenvalue weighted by molar-refractivity contribution is -0.397. The number of halogens is 1. The van der Waals surface area contributed by atoms with E-state index in [1.807, 2.05) is 30.3 Å². The number of hydrogen-bond donors (Lipinski definition) is 2. The van der Waals surface area contributed by atoms with Crippen LogP contribution in [0.15, 0.2) is 54.6 Å². The zero-order valence-corrected chi connectivity index (χ0v) is 12.7. The Hall–Kier alpha value is -1.12. The molecular formula is C15H18ClNO2P+. The molecule has 0 spiro atoms. The molecule has 0 bridgehead atoms. The van der Waals surface area contributed by atoms with Crippen LogP contribution < -0.4 is 5.73 Å². The number of benzene rings is 2. The molecule has 2 atom stereocenters. The molecule has 0 saturated carbocycles.